The molecule has 0 saturated carbocycles. The second-order valence-electron chi connectivity index (χ2n) is 6.77. The molecular weight excluding hydrogens is 332 g/mol. The van der Waals surface area contributed by atoms with Crippen molar-refractivity contribution in [3.63, 3.8) is 0 Å². The molecule has 4 rings (SSSR count). The molecule has 0 spiro atoms. The Morgan fingerprint density at radius 2 is 1.85 bits per heavy atom. The number of hydrogen-bond donors (Lipinski definition) is 1. The second-order valence-corrected chi connectivity index (χ2v) is 6.77. The van der Waals surface area contributed by atoms with Crippen LogP contribution in [0.15, 0.2) is 28.8 Å². The summed E-state index contributed by atoms with van der Waals surface area (Å²) in [6.45, 7) is 5.14. The van der Waals surface area contributed by atoms with Gasteiger partial charge in [0, 0.05) is 18.7 Å². The highest BCUT2D eigenvalue weighted by atomic mass is 16.5. The summed E-state index contributed by atoms with van der Waals surface area (Å²) >= 11 is 0. The topological polar surface area (TPSA) is 92.4 Å². The zero-order chi connectivity index (χ0) is 18.3. The van der Waals surface area contributed by atoms with Crippen LogP contribution in [0.2, 0.25) is 0 Å². The van der Waals surface area contributed by atoms with Crippen LogP contribution < -0.4 is 4.90 Å². The van der Waals surface area contributed by atoms with Crippen molar-refractivity contribution in [3.8, 4) is 11.3 Å². The van der Waals surface area contributed by atoms with Gasteiger partial charge in [-0.25, -0.2) is 9.97 Å². The van der Waals surface area contributed by atoms with E-state index in [4.69, 9.17) is 4.52 Å². The number of rotatable bonds is 3. The van der Waals surface area contributed by atoms with Gasteiger partial charge in [0.2, 0.25) is 5.58 Å². The zero-order valence-corrected chi connectivity index (χ0v) is 14.8. The molecule has 0 bridgehead atoms. The fourth-order valence-electron chi connectivity index (χ4n) is 3.38. The number of hydrogen-bond acceptors (Lipinski definition) is 6. The van der Waals surface area contributed by atoms with Crippen molar-refractivity contribution in [2.75, 3.05) is 18.0 Å². The Morgan fingerprint density at radius 1 is 1.15 bits per heavy atom. The Bertz CT molecular complexity index is 957. The van der Waals surface area contributed by atoms with Crippen molar-refractivity contribution in [1.82, 2.24) is 15.1 Å². The van der Waals surface area contributed by atoms with E-state index in [1.54, 1.807) is 0 Å². The number of fused-ring (bicyclic) bond motifs is 1. The van der Waals surface area contributed by atoms with Crippen molar-refractivity contribution >= 4 is 22.9 Å². The van der Waals surface area contributed by atoms with E-state index < -0.39 is 5.97 Å². The van der Waals surface area contributed by atoms with Crippen molar-refractivity contribution < 1.29 is 14.4 Å². The lowest BCUT2D eigenvalue weighted by Gasteiger charge is -2.30. The fraction of sp³-hybridized carbons (Fsp3) is 0.368. The predicted molar refractivity (Wildman–Crippen MR) is 97.1 cm³/mol. The highest BCUT2D eigenvalue weighted by molar-refractivity contribution is 5.94. The summed E-state index contributed by atoms with van der Waals surface area (Å²) in [4.78, 5) is 22.3. The normalized spacial score (nSPS) is 15.5. The van der Waals surface area contributed by atoms with Crippen LogP contribution in [0.1, 0.15) is 24.2 Å². The highest BCUT2D eigenvalue weighted by Gasteiger charge is 2.28. The number of piperidine rings is 1. The van der Waals surface area contributed by atoms with Crippen molar-refractivity contribution in [2.24, 2.45) is 5.92 Å². The number of aliphatic carboxylic acids is 1. The monoisotopic (exact) mass is 352 g/mol. The summed E-state index contributed by atoms with van der Waals surface area (Å²) in [6.07, 6.45) is 1.19. The lowest BCUT2D eigenvalue weighted by atomic mass is 9.97. The Hall–Kier alpha value is -2.96. The van der Waals surface area contributed by atoms with E-state index >= 15 is 0 Å². The molecule has 7 nitrogen and oxygen atoms in total. The molecule has 0 aliphatic carbocycles. The summed E-state index contributed by atoms with van der Waals surface area (Å²) in [5.41, 5.74) is 4.07. The van der Waals surface area contributed by atoms with E-state index in [0.29, 0.717) is 54.4 Å². The molecule has 1 aromatic carbocycles. The Morgan fingerprint density at radius 3 is 2.50 bits per heavy atom. The Balaban J connectivity index is 1.73. The lowest BCUT2D eigenvalue weighted by molar-refractivity contribution is -0.142. The largest absolute Gasteiger partial charge is 0.481 e. The van der Waals surface area contributed by atoms with E-state index in [2.05, 4.69) is 20.0 Å². The molecule has 1 fully saturated rings. The van der Waals surface area contributed by atoms with Gasteiger partial charge in [0.15, 0.2) is 5.82 Å². The molecule has 1 aliphatic rings. The molecule has 3 heterocycles. The number of carboxylic acids is 1. The summed E-state index contributed by atoms with van der Waals surface area (Å²) in [5.74, 6) is 0.323. The molecule has 3 aromatic rings. The number of aryl methyl sites for hydroxylation is 2. The molecule has 1 N–H and O–H groups in total. The van der Waals surface area contributed by atoms with Crippen LogP contribution in [0.3, 0.4) is 0 Å². The number of carboxylic acid groups (broad SMARTS) is 1. The summed E-state index contributed by atoms with van der Waals surface area (Å²) in [7, 11) is 0. The Kier molecular flexibility index (Phi) is 4.06. The highest BCUT2D eigenvalue weighted by Crippen LogP contribution is 2.33. The van der Waals surface area contributed by atoms with Gasteiger partial charge >= 0.3 is 5.97 Å². The van der Waals surface area contributed by atoms with Gasteiger partial charge in [-0.05, 0) is 26.7 Å². The van der Waals surface area contributed by atoms with Gasteiger partial charge in [-0.1, -0.05) is 35.0 Å². The molecule has 1 saturated heterocycles. The second kappa shape index (κ2) is 6.40. The van der Waals surface area contributed by atoms with Crippen LogP contribution in [-0.2, 0) is 4.79 Å². The van der Waals surface area contributed by atoms with Gasteiger partial charge in [-0.2, -0.15) is 0 Å². The maximum atomic E-state index is 11.2. The van der Waals surface area contributed by atoms with Gasteiger partial charge in [0.25, 0.3) is 0 Å². The van der Waals surface area contributed by atoms with Crippen LogP contribution in [0.4, 0.5) is 5.82 Å². The maximum absolute atomic E-state index is 11.2. The standard InChI is InChI=1S/C19H20N4O3/c1-11-3-5-13(6-4-11)15-16-17(26-22-15)18(21-12(2)20-16)23-9-7-14(8-10-23)19(24)25/h3-6,14H,7-10H2,1-2H3,(H,24,25). The SMILES string of the molecule is Cc1ccc(-c2noc3c(N4CCC(C(=O)O)CC4)nc(C)nc23)cc1. The van der Waals surface area contributed by atoms with Gasteiger partial charge in [-0.15, -0.1) is 0 Å². The van der Waals surface area contributed by atoms with Crippen LogP contribution in [0, 0.1) is 19.8 Å². The molecule has 7 heteroatoms. The third-order valence-electron chi connectivity index (χ3n) is 4.88. The first-order chi connectivity index (χ1) is 12.5. The summed E-state index contributed by atoms with van der Waals surface area (Å²) in [5, 5.41) is 13.4. The lowest BCUT2D eigenvalue weighted by Crippen LogP contribution is -2.37. The van der Waals surface area contributed by atoms with Gasteiger partial charge in [-0.3, -0.25) is 4.79 Å². The molecule has 0 unspecified atom stereocenters. The smallest absolute Gasteiger partial charge is 0.306 e. The zero-order valence-electron chi connectivity index (χ0n) is 14.8. The molecule has 2 aromatic heterocycles. The number of carbonyl (C=O) groups is 1. The third-order valence-corrected chi connectivity index (χ3v) is 4.88. The van der Waals surface area contributed by atoms with E-state index in [1.807, 2.05) is 38.1 Å². The first-order valence-electron chi connectivity index (χ1n) is 8.72. The number of nitrogens with zero attached hydrogens (tertiary/aromatic N) is 4. The quantitative estimate of drug-likeness (QED) is 0.773. The molecule has 134 valence electrons. The molecule has 0 amide bonds. The number of aromatic nitrogens is 3. The van der Waals surface area contributed by atoms with Crippen LogP contribution >= 0.6 is 0 Å². The first kappa shape index (κ1) is 16.5. The van der Waals surface area contributed by atoms with Crippen LogP contribution in [-0.4, -0.2) is 39.3 Å². The average Bonchev–Trinajstić information content (AvgIpc) is 3.05. The average molecular weight is 352 g/mol. The molecule has 26 heavy (non-hydrogen) atoms. The summed E-state index contributed by atoms with van der Waals surface area (Å²) < 4.78 is 5.61. The van der Waals surface area contributed by atoms with Crippen molar-refractivity contribution in [3.05, 3.63) is 35.7 Å². The molecular formula is C19H20N4O3. The van der Waals surface area contributed by atoms with E-state index in [1.165, 1.54) is 5.56 Å². The van der Waals surface area contributed by atoms with Crippen LogP contribution in [0.5, 0.6) is 0 Å². The van der Waals surface area contributed by atoms with E-state index in [9.17, 15) is 9.90 Å². The maximum Gasteiger partial charge on any atom is 0.306 e. The fourth-order valence-corrected chi connectivity index (χ4v) is 3.38. The number of anilines is 1. The molecule has 1 aliphatic heterocycles. The van der Waals surface area contributed by atoms with Crippen LogP contribution in [0.25, 0.3) is 22.4 Å². The van der Waals surface area contributed by atoms with Gasteiger partial charge in [0.05, 0.1) is 5.92 Å². The molecule has 0 radical (unpaired) electrons. The van der Waals surface area contributed by atoms with Crippen molar-refractivity contribution in [2.45, 2.75) is 26.7 Å². The van der Waals surface area contributed by atoms with E-state index in [-0.39, 0.29) is 5.92 Å². The Labute approximate surface area is 150 Å². The van der Waals surface area contributed by atoms with E-state index in [0.717, 1.165) is 5.56 Å². The van der Waals surface area contributed by atoms with Gasteiger partial charge < -0.3 is 14.5 Å². The van der Waals surface area contributed by atoms with Crippen molar-refractivity contribution in [1.29, 1.82) is 0 Å². The minimum absolute atomic E-state index is 0.289. The first-order valence-corrected chi connectivity index (χ1v) is 8.72. The van der Waals surface area contributed by atoms with Gasteiger partial charge in [0.1, 0.15) is 17.0 Å². The third kappa shape index (κ3) is 2.89. The summed E-state index contributed by atoms with van der Waals surface area (Å²) in [6, 6.07) is 8.06. The predicted octanol–water partition coefficient (Wildman–Crippen LogP) is 3.20. The minimum atomic E-state index is -0.727. The minimum Gasteiger partial charge on any atom is -0.481 e. The molecule has 0 atom stereocenters. The number of benzene rings is 1.